The molecule has 102 valence electrons. The van der Waals surface area contributed by atoms with Crippen molar-refractivity contribution in [2.45, 2.75) is 11.4 Å². The van der Waals surface area contributed by atoms with Crippen LogP contribution >= 0.6 is 0 Å². The third-order valence-electron chi connectivity index (χ3n) is 3.16. The molecule has 0 unspecified atom stereocenters. The van der Waals surface area contributed by atoms with Crippen molar-refractivity contribution in [1.82, 2.24) is 4.31 Å². The second-order valence-corrected chi connectivity index (χ2v) is 6.32. The number of para-hydroxylation sites is 2. The number of nitrogens with zero attached hydrogens (tertiary/aromatic N) is 2. The molecule has 0 bridgehead atoms. The van der Waals surface area contributed by atoms with Crippen LogP contribution in [0.3, 0.4) is 0 Å². The van der Waals surface area contributed by atoms with Gasteiger partial charge in [0.05, 0.1) is 12.2 Å². The van der Waals surface area contributed by atoms with E-state index in [4.69, 9.17) is 5.73 Å². The maximum absolute atomic E-state index is 12.5. The lowest BCUT2D eigenvalue weighted by molar-refractivity contribution is 0.522. The van der Waals surface area contributed by atoms with Crippen molar-refractivity contribution in [3.63, 3.8) is 0 Å². The topological polar surface area (TPSA) is 75.8 Å². The number of fused-ring (bicyclic) bond motifs is 1. The second kappa shape index (κ2) is 4.64. The Labute approximate surface area is 117 Å². The first-order valence-electron chi connectivity index (χ1n) is 6.07. The monoisotopic (exact) mass is 287 g/mol. The van der Waals surface area contributed by atoms with Gasteiger partial charge in [0.2, 0.25) is 0 Å². The van der Waals surface area contributed by atoms with Gasteiger partial charge in [0.1, 0.15) is 11.2 Å². The van der Waals surface area contributed by atoms with Gasteiger partial charge < -0.3 is 5.73 Å². The Balaban J connectivity index is 2.00. The quantitative estimate of drug-likeness (QED) is 0.860. The number of hydrogen-bond acceptors (Lipinski definition) is 4. The van der Waals surface area contributed by atoms with Crippen molar-refractivity contribution in [2.24, 2.45) is 4.99 Å². The van der Waals surface area contributed by atoms with Gasteiger partial charge in [-0.3, -0.25) is 4.31 Å². The number of nitrogen functional groups attached to an aromatic ring is 1. The van der Waals surface area contributed by atoms with Gasteiger partial charge in [-0.25, -0.2) is 13.4 Å². The molecule has 1 heterocycles. The summed E-state index contributed by atoms with van der Waals surface area (Å²) in [6.07, 6.45) is 1.34. The lowest BCUT2D eigenvalue weighted by Gasteiger charge is -2.24. The summed E-state index contributed by atoms with van der Waals surface area (Å²) in [5.41, 5.74) is 7.63. The van der Waals surface area contributed by atoms with E-state index in [0.29, 0.717) is 11.4 Å². The van der Waals surface area contributed by atoms with Crippen LogP contribution < -0.4 is 5.73 Å². The van der Waals surface area contributed by atoms with Crippen molar-refractivity contribution in [2.75, 3.05) is 5.73 Å². The highest BCUT2D eigenvalue weighted by molar-refractivity contribution is 7.89. The Morgan fingerprint density at radius 3 is 2.55 bits per heavy atom. The molecule has 0 aromatic heterocycles. The zero-order chi connectivity index (χ0) is 14.2. The summed E-state index contributed by atoms with van der Waals surface area (Å²) in [7, 11) is -3.57. The Bertz CT molecular complexity index is 785. The van der Waals surface area contributed by atoms with E-state index in [1.165, 1.54) is 10.6 Å². The molecule has 1 aliphatic heterocycles. The standard InChI is InChI=1S/C14H13N3O2S/c15-12-6-2-1-5-11(12)9-17-10-16-13-7-3-4-8-14(13)20(17,18)19/h1-8,10H,9,15H2. The molecular formula is C14H13N3O2S. The van der Waals surface area contributed by atoms with Crippen LogP contribution in [0.4, 0.5) is 11.4 Å². The van der Waals surface area contributed by atoms with E-state index in [-0.39, 0.29) is 11.4 Å². The van der Waals surface area contributed by atoms with Gasteiger partial charge in [0, 0.05) is 5.69 Å². The van der Waals surface area contributed by atoms with E-state index >= 15 is 0 Å². The van der Waals surface area contributed by atoms with Crippen molar-refractivity contribution in [1.29, 1.82) is 0 Å². The molecule has 2 aromatic carbocycles. The van der Waals surface area contributed by atoms with E-state index in [1.807, 2.05) is 12.1 Å². The van der Waals surface area contributed by atoms with Crippen molar-refractivity contribution in [3.05, 3.63) is 54.1 Å². The van der Waals surface area contributed by atoms with Gasteiger partial charge in [-0.15, -0.1) is 0 Å². The number of anilines is 1. The van der Waals surface area contributed by atoms with Gasteiger partial charge >= 0.3 is 0 Å². The Morgan fingerprint density at radius 2 is 1.75 bits per heavy atom. The second-order valence-electron chi connectivity index (χ2n) is 4.46. The average Bonchev–Trinajstić information content (AvgIpc) is 2.44. The molecule has 2 aromatic rings. The average molecular weight is 287 g/mol. The minimum Gasteiger partial charge on any atom is -0.398 e. The molecule has 0 saturated carbocycles. The zero-order valence-corrected chi connectivity index (χ0v) is 11.4. The summed E-state index contributed by atoms with van der Waals surface area (Å²) in [5.74, 6) is 0. The molecule has 0 radical (unpaired) electrons. The predicted molar refractivity (Wildman–Crippen MR) is 78.2 cm³/mol. The van der Waals surface area contributed by atoms with Crippen LogP contribution in [0.5, 0.6) is 0 Å². The highest BCUT2D eigenvalue weighted by atomic mass is 32.2. The summed E-state index contributed by atoms with van der Waals surface area (Å²) in [5, 5.41) is 0. The third-order valence-corrected chi connectivity index (χ3v) is 4.90. The fraction of sp³-hybridized carbons (Fsp3) is 0.0714. The highest BCUT2D eigenvalue weighted by Crippen LogP contribution is 2.31. The fourth-order valence-electron chi connectivity index (χ4n) is 2.07. The molecule has 20 heavy (non-hydrogen) atoms. The van der Waals surface area contributed by atoms with E-state index in [1.54, 1.807) is 36.4 Å². The molecule has 5 nitrogen and oxygen atoms in total. The van der Waals surface area contributed by atoms with Crippen LogP contribution in [0.2, 0.25) is 0 Å². The van der Waals surface area contributed by atoms with Gasteiger partial charge in [0.25, 0.3) is 10.0 Å². The first kappa shape index (κ1) is 12.7. The molecule has 2 N–H and O–H groups in total. The van der Waals surface area contributed by atoms with Crippen molar-refractivity contribution >= 4 is 27.7 Å². The fourth-order valence-corrected chi connectivity index (χ4v) is 3.44. The number of sulfonamides is 1. The smallest absolute Gasteiger partial charge is 0.267 e. The summed E-state index contributed by atoms with van der Waals surface area (Å²) in [6, 6.07) is 13.9. The van der Waals surface area contributed by atoms with Crippen LogP contribution in [0.15, 0.2) is 58.4 Å². The predicted octanol–water partition coefficient (Wildman–Crippen LogP) is 2.13. The molecule has 6 heteroatoms. The molecule has 0 aliphatic carbocycles. The molecule has 0 amide bonds. The Hall–Kier alpha value is -2.34. The van der Waals surface area contributed by atoms with Crippen LogP contribution in [0.1, 0.15) is 5.56 Å². The lowest BCUT2D eigenvalue weighted by Crippen LogP contribution is -2.31. The molecule has 3 rings (SSSR count). The number of hydrogen-bond donors (Lipinski definition) is 1. The highest BCUT2D eigenvalue weighted by Gasteiger charge is 2.28. The van der Waals surface area contributed by atoms with E-state index < -0.39 is 10.0 Å². The molecular weight excluding hydrogens is 274 g/mol. The minimum atomic E-state index is -3.57. The Kier molecular flexibility index (Phi) is 2.94. The van der Waals surface area contributed by atoms with Crippen molar-refractivity contribution < 1.29 is 8.42 Å². The Morgan fingerprint density at radius 1 is 1.05 bits per heavy atom. The molecule has 0 fully saturated rings. The molecule has 0 saturated heterocycles. The van der Waals surface area contributed by atoms with Crippen LogP contribution in [0.25, 0.3) is 0 Å². The number of benzene rings is 2. The normalized spacial score (nSPS) is 15.9. The third kappa shape index (κ3) is 2.04. The zero-order valence-electron chi connectivity index (χ0n) is 10.6. The number of nitrogens with two attached hydrogens (primary N) is 1. The van der Waals surface area contributed by atoms with Crippen LogP contribution in [-0.2, 0) is 16.6 Å². The van der Waals surface area contributed by atoms with Crippen molar-refractivity contribution in [3.8, 4) is 0 Å². The summed E-state index contributed by atoms with van der Waals surface area (Å²) >= 11 is 0. The van der Waals surface area contributed by atoms with E-state index in [9.17, 15) is 8.42 Å². The summed E-state index contributed by atoms with van der Waals surface area (Å²) in [4.78, 5) is 4.40. The maximum atomic E-state index is 12.5. The first-order valence-corrected chi connectivity index (χ1v) is 7.51. The number of rotatable bonds is 2. The van der Waals surface area contributed by atoms with E-state index in [2.05, 4.69) is 4.99 Å². The largest absolute Gasteiger partial charge is 0.398 e. The number of aliphatic imine (C=N–C) groups is 1. The lowest BCUT2D eigenvalue weighted by atomic mass is 10.2. The maximum Gasteiger partial charge on any atom is 0.267 e. The molecule has 0 atom stereocenters. The van der Waals surface area contributed by atoms with Gasteiger partial charge in [-0.05, 0) is 23.8 Å². The first-order chi connectivity index (χ1) is 9.59. The summed E-state index contributed by atoms with van der Waals surface area (Å²) < 4.78 is 26.2. The summed E-state index contributed by atoms with van der Waals surface area (Å²) in [6.45, 7) is 0.173. The van der Waals surface area contributed by atoms with Crippen LogP contribution in [0, 0.1) is 0 Å². The SMILES string of the molecule is Nc1ccccc1CN1C=Nc2ccccc2S1(=O)=O. The molecule has 1 aliphatic rings. The van der Waals surface area contributed by atoms with Gasteiger partial charge in [-0.2, -0.15) is 0 Å². The minimum absolute atomic E-state index is 0.173. The van der Waals surface area contributed by atoms with Gasteiger partial charge in [0.15, 0.2) is 0 Å². The van der Waals surface area contributed by atoms with Gasteiger partial charge in [-0.1, -0.05) is 30.3 Å². The molecule has 0 spiro atoms. The van der Waals surface area contributed by atoms with Crippen LogP contribution in [-0.4, -0.2) is 19.1 Å². The van der Waals surface area contributed by atoms with E-state index in [0.717, 1.165) is 5.56 Å².